The molecule has 1 N–H and O–H groups in total. The summed E-state index contributed by atoms with van der Waals surface area (Å²) in [6, 6.07) is 3.35. The average Bonchev–Trinajstić information content (AvgIpc) is 2.92. The highest BCUT2D eigenvalue weighted by Crippen LogP contribution is 2.16. The van der Waals surface area contributed by atoms with Gasteiger partial charge < -0.3 is 19.4 Å². The fraction of sp³-hybridized carbons (Fsp3) is 0.600. The molecule has 1 fully saturated rings. The maximum atomic E-state index is 12.0. The molecule has 0 aliphatic carbocycles. The van der Waals surface area contributed by atoms with Crippen LogP contribution in [0.2, 0.25) is 0 Å². The molecule has 2 rings (SSSR count). The van der Waals surface area contributed by atoms with E-state index in [0.29, 0.717) is 43.1 Å². The van der Waals surface area contributed by atoms with Gasteiger partial charge in [0.05, 0.1) is 6.61 Å². The molecule has 7 heteroatoms. The van der Waals surface area contributed by atoms with Crippen molar-refractivity contribution in [3.8, 4) is 0 Å². The quantitative estimate of drug-likeness (QED) is 0.881. The van der Waals surface area contributed by atoms with Gasteiger partial charge in [-0.25, -0.2) is 4.79 Å². The van der Waals surface area contributed by atoms with E-state index in [1.807, 2.05) is 13.8 Å². The molecule has 0 spiro atoms. The minimum atomic E-state index is -0.270. The fourth-order valence-corrected chi connectivity index (χ4v) is 2.54. The van der Waals surface area contributed by atoms with Crippen LogP contribution in [0.4, 0.5) is 4.79 Å². The number of amides is 2. The second-order valence-electron chi connectivity index (χ2n) is 5.81. The van der Waals surface area contributed by atoms with Crippen molar-refractivity contribution in [1.29, 1.82) is 0 Å². The molecule has 0 bridgehead atoms. The van der Waals surface area contributed by atoms with Gasteiger partial charge in [-0.05, 0) is 46.8 Å². The number of furan rings is 1. The van der Waals surface area contributed by atoms with Gasteiger partial charge in [0, 0.05) is 19.1 Å². The Labute approximate surface area is 138 Å². The van der Waals surface area contributed by atoms with Crippen LogP contribution in [0.15, 0.2) is 21.2 Å². The summed E-state index contributed by atoms with van der Waals surface area (Å²) >= 11 is 3.17. The third-order valence-electron chi connectivity index (χ3n) is 3.43. The summed E-state index contributed by atoms with van der Waals surface area (Å²) in [6.07, 6.45) is 1.16. The van der Waals surface area contributed by atoms with Crippen molar-refractivity contribution in [2.45, 2.75) is 32.7 Å². The number of ether oxygens (including phenoxy) is 1. The van der Waals surface area contributed by atoms with Crippen molar-refractivity contribution in [2.24, 2.45) is 5.92 Å². The van der Waals surface area contributed by atoms with E-state index < -0.39 is 0 Å². The first-order valence-corrected chi connectivity index (χ1v) is 8.23. The molecule has 1 saturated heterocycles. The Morgan fingerprint density at radius 1 is 1.41 bits per heavy atom. The molecule has 0 saturated carbocycles. The molecule has 2 heterocycles. The lowest BCUT2D eigenvalue weighted by atomic mass is 10.1. The standard InChI is InChI=1S/C15H21BrN2O4/c1-10(2)9-21-15(20)18-7-5-11(6-8-18)17-14(19)12-3-4-13(16)22-12/h3-4,10-11H,5-9H2,1-2H3,(H,17,19). The normalized spacial score (nSPS) is 15.9. The van der Waals surface area contributed by atoms with Crippen molar-refractivity contribution in [3.05, 3.63) is 22.6 Å². The molecular formula is C15H21BrN2O4. The highest BCUT2D eigenvalue weighted by molar-refractivity contribution is 9.10. The second-order valence-corrected chi connectivity index (χ2v) is 6.59. The second kappa shape index (κ2) is 7.67. The number of nitrogens with one attached hydrogen (secondary N) is 1. The summed E-state index contributed by atoms with van der Waals surface area (Å²) in [7, 11) is 0. The average molecular weight is 373 g/mol. The predicted molar refractivity (Wildman–Crippen MR) is 84.7 cm³/mol. The van der Waals surface area contributed by atoms with Crippen molar-refractivity contribution in [3.63, 3.8) is 0 Å². The summed E-state index contributed by atoms with van der Waals surface area (Å²) in [6.45, 7) is 5.61. The number of nitrogens with zero attached hydrogens (tertiary/aromatic N) is 1. The lowest BCUT2D eigenvalue weighted by Crippen LogP contribution is -2.46. The molecule has 22 heavy (non-hydrogen) atoms. The van der Waals surface area contributed by atoms with Crippen molar-refractivity contribution in [2.75, 3.05) is 19.7 Å². The SMILES string of the molecule is CC(C)COC(=O)N1CCC(NC(=O)c2ccc(Br)o2)CC1. The topological polar surface area (TPSA) is 71.8 Å². The zero-order valence-electron chi connectivity index (χ0n) is 12.8. The third-order valence-corrected chi connectivity index (χ3v) is 3.85. The molecule has 1 aromatic rings. The number of halogens is 1. The lowest BCUT2D eigenvalue weighted by Gasteiger charge is -2.31. The van der Waals surface area contributed by atoms with Crippen molar-refractivity contribution in [1.82, 2.24) is 10.2 Å². The molecule has 0 aromatic carbocycles. The van der Waals surface area contributed by atoms with Crippen LogP contribution in [0.25, 0.3) is 0 Å². The molecule has 1 aromatic heterocycles. The van der Waals surface area contributed by atoms with Gasteiger partial charge in [-0.3, -0.25) is 4.79 Å². The number of rotatable bonds is 4. The monoisotopic (exact) mass is 372 g/mol. The largest absolute Gasteiger partial charge is 0.449 e. The lowest BCUT2D eigenvalue weighted by molar-refractivity contribution is 0.0776. The Bertz CT molecular complexity index is 521. The number of hydrogen-bond donors (Lipinski definition) is 1. The summed E-state index contributed by atoms with van der Waals surface area (Å²) in [5.41, 5.74) is 0. The van der Waals surface area contributed by atoms with E-state index in [0.717, 1.165) is 0 Å². The van der Waals surface area contributed by atoms with Crippen LogP contribution in [-0.4, -0.2) is 42.6 Å². The number of carbonyl (C=O) groups is 2. The maximum Gasteiger partial charge on any atom is 0.409 e. The molecule has 0 radical (unpaired) electrons. The number of likely N-dealkylation sites (tertiary alicyclic amines) is 1. The van der Waals surface area contributed by atoms with Crippen LogP contribution >= 0.6 is 15.9 Å². The molecule has 2 amide bonds. The Kier molecular flexibility index (Phi) is 5.88. The van der Waals surface area contributed by atoms with Gasteiger partial charge in [-0.2, -0.15) is 0 Å². The van der Waals surface area contributed by atoms with E-state index in [-0.39, 0.29) is 23.8 Å². The van der Waals surface area contributed by atoms with Crippen LogP contribution in [0.5, 0.6) is 0 Å². The minimum absolute atomic E-state index is 0.0468. The van der Waals surface area contributed by atoms with Crippen LogP contribution in [0, 0.1) is 5.92 Å². The molecule has 6 nitrogen and oxygen atoms in total. The fourth-order valence-electron chi connectivity index (χ4n) is 2.23. The third kappa shape index (κ3) is 4.76. The Morgan fingerprint density at radius 2 is 2.09 bits per heavy atom. The highest BCUT2D eigenvalue weighted by atomic mass is 79.9. The van der Waals surface area contributed by atoms with Crippen molar-refractivity contribution < 1.29 is 18.7 Å². The van der Waals surface area contributed by atoms with Gasteiger partial charge in [0.1, 0.15) is 0 Å². The first-order valence-electron chi connectivity index (χ1n) is 7.43. The number of hydrogen-bond acceptors (Lipinski definition) is 4. The highest BCUT2D eigenvalue weighted by Gasteiger charge is 2.25. The van der Waals surface area contributed by atoms with Crippen LogP contribution in [0.1, 0.15) is 37.2 Å². The van der Waals surface area contributed by atoms with Crippen LogP contribution in [0.3, 0.4) is 0 Å². The van der Waals surface area contributed by atoms with Crippen LogP contribution in [-0.2, 0) is 4.74 Å². The first-order chi connectivity index (χ1) is 10.5. The van der Waals surface area contributed by atoms with E-state index >= 15 is 0 Å². The minimum Gasteiger partial charge on any atom is -0.449 e. The molecule has 0 unspecified atom stereocenters. The molecule has 122 valence electrons. The predicted octanol–water partition coefficient (Wildman–Crippen LogP) is 3.03. The Hall–Kier alpha value is -1.50. The van der Waals surface area contributed by atoms with Gasteiger partial charge in [-0.15, -0.1) is 0 Å². The molecule has 1 aliphatic heterocycles. The van der Waals surface area contributed by atoms with E-state index in [1.165, 1.54) is 0 Å². The molecule has 0 atom stereocenters. The first kappa shape index (κ1) is 16.9. The van der Waals surface area contributed by atoms with E-state index in [9.17, 15) is 9.59 Å². The number of piperidine rings is 1. The Morgan fingerprint density at radius 3 is 2.64 bits per heavy atom. The van der Waals surface area contributed by atoms with Crippen molar-refractivity contribution >= 4 is 27.9 Å². The smallest absolute Gasteiger partial charge is 0.409 e. The maximum absolute atomic E-state index is 12.0. The van der Waals surface area contributed by atoms with Gasteiger partial charge in [-0.1, -0.05) is 13.8 Å². The number of carbonyl (C=O) groups excluding carboxylic acids is 2. The Balaban J connectivity index is 1.75. The molecular weight excluding hydrogens is 352 g/mol. The van der Waals surface area contributed by atoms with Gasteiger partial charge in [0.15, 0.2) is 10.4 Å². The zero-order valence-corrected chi connectivity index (χ0v) is 14.4. The summed E-state index contributed by atoms with van der Waals surface area (Å²) in [4.78, 5) is 25.5. The zero-order chi connectivity index (χ0) is 16.1. The summed E-state index contributed by atoms with van der Waals surface area (Å²) in [5, 5.41) is 2.93. The summed E-state index contributed by atoms with van der Waals surface area (Å²) < 4.78 is 11.0. The van der Waals surface area contributed by atoms with Gasteiger partial charge in [0.25, 0.3) is 5.91 Å². The van der Waals surface area contributed by atoms with Crippen LogP contribution < -0.4 is 5.32 Å². The molecule has 1 aliphatic rings. The van der Waals surface area contributed by atoms with E-state index in [1.54, 1.807) is 17.0 Å². The van der Waals surface area contributed by atoms with Gasteiger partial charge in [0.2, 0.25) is 0 Å². The summed E-state index contributed by atoms with van der Waals surface area (Å²) in [5.74, 6) is 0.380. The van der Waals surface area contributed by atoms with Gasteiger partial charge >= 0.3 is 6.09 Å². The van der Waals surface area contributed by atoms with E-state index in [4.69, 9.17) is 9.15 Å². The van der Waals surface area contributed by atoms with E-state index in [2.05, 4.69) is 21.2 Å².